The molecule has 10 heteroatoms. The fourth-order valence-electron chi connectivity index (χ4n) is 2.15. The number of benzene rings is 2. The molecule has 3 N–H and O–H groups in total. The fraction of sp³-hybridized carbons (Fsp3) is 0.176. The highest BCUT2D eigenvalue weighted by atomic mass is 35.5. The van der Waals surface area contributed by atoms with Gasteiger partial charge in [-0.25, -0.2) is 8.42 Å². The molecular weight excluding hydrogens is 396 g/mol. The molecule has 0 fully saturated rings. The van der Waals surface area contributed by atoms with E-state index < -0.39 is 21.7 Å². The third-order valence-corrected chi connectivity index (χ3v) is 4.96. The monoisotopic (exact) mass is 412 g/mol. The Kier molecular flexibility index (Phi) is 6.29. The number of amides is 2. The first-order chi connectivity index (χ1) is 12.6. The van der Waals surface area contributed by atoms with Gasteiger partial charge in [0.05, 0.1) is 17.0 Å². The molecule has 2 aromatic carbocycles. The van der Waals surface area contributed by atoms with Crippen molar-refractivity contribution >= 4 is 38.9 Å². The maximum Gasteiger partial charge on any atom is 0.255 e. The van der Waals surface area contributed by atoms with Crippen molar-refractivity contribution < 1.29 is 27.5 Å². The summed E-state index contributed by atoms with van der Waals surface area (Å²) in [7, 11) is -2.16. The fourth-order valence-corrected chi connectivity index (χ4v) is 3.45. The highest BCUT2D eigenvalue weighted by Crippen LogP contribution is 2.30. The van der Waals surface area contributed by atoms with Crippen LogP contribution in [0.25, 0.3) is 0 Å². The van der Waals surface area contributed by atoms with Crippen LogP contribution < -0.4 is 20.5 Å². The van der Waals surface area contributed by atoms with E-state index in [2.05, 4.69) is 5.32 Å². The topological polar surface area (TPSA) is 125 Å². The van der Waals surface area contributed by atoms with E-state index in [9.17, 15) is 18.0 Å². The van der Waals surface area contributed by atoms with Crippen LogP contribution in [-0.2, 0) is 14.6 Å². The third kappa shape index (κ3) is 5.35. The molecule has 0 heterocycles. The van der Waals surface area contributed by atoms with Gasteiger partial charge in [-0.2, -0.15) is 0 Å². The zero-order valence-electron chi connectivity index (χ0n) is 14.5. The largest absolute Gasteiger partial charge is 0.493 e. The molecule has 0 aliphatic heterocycles. The molecule has 2 rings (SSSR count). The van der Waals surface area contributed by atoms with E-state index in [0.29, 0.717) is 11.4 Å². The van der Waals surface area contributed by atoms with E-state index in [1.807, 2.05) is 0 Å². The number of halogens is 1. The molecule has 0 unspecified atom stereocenters. The van der Waals surface area contributed by atoms with Crippen LogP contribution in [0.15, 0.2) is 41.3 Å². The second kappa shape index (κ2) is 8.28. The van der Waals surface area contributed by atoms with Crippen LogP contribution in [-0.4, -0.2) is 40.2 Å². The summed E-state index contributed by atoms with van der Waals surface area (Å²) in [6.45, 7) is -0.358. The lowest BCUT2D eigenvalue weighted by Crippen LogP contribution is -2.20. The van der Waals surface area contributed by atoms with Crippen molar-refractivity contribution in [3.8, 4) is 11.5 Å². The standard InChI is InChI=1S/C17H17ClN2O6S/c1-25-13-6-4-11(8-14(13)26-9-16(19)21)20-17(22)10-3-5-12(18)15(7-10)27(2,23)24/h3-8H,9H2,1-2H3,(H2,19,21)(H,20,22). The van der Waals surface area contributed by atoms with Crippen LogP contribution in [0.2, 0.25) is 5.02 Å². The number of carbonyl (C=O) groups excluding carboxylic acids is 2. The zero-order valence-corrected chi connectivity index (χ0v) is 16.1. The summed E-state index contributed by atoms with van der Waals surface area (Å²) in [5.41, 5.74) is 5.50. The Bertz CT molecular complexity index is 991. The van der Waals surface area contributed by atoms with E-state index in [0.717, 1.165) is 6.26 Å². The van der Waals surface area contributed by atoms with Gasteiger partial charge in [0.15, 0.2) is 27.9 Å². The first-order valence-corrected chi connectivity index (χ1v) is 9.79. The molecule has 0 saturated heterocycles. The summed E-state index contributed by atoms with van der Waals surface area (Å²) in [6, 6.07) is 8.48. The lowest BCUT2D eigenvalue weighted by atomic mass is 10.2. The number of hydrogen-bond donors (Lipinski definition) is 2. The molecule has 0 aromatic heterocycles. The molecule has 0 spiro atoms. The van der Waals surface area contributed by atoms with Gasteiger partial charge < -0.3 is 20.5 Å². The smallest absolute Gasteiger partial charge is 0.255 e. The van der Waals surface area contributed by atoms with E-state index in [4.69, 9.17) is 26.8 Å². The molecule has 0 saturated carbocycles. The van der Waals surface area contributed by atoms with Gasteiger partial charge in [-0.3, -0.25) is 9.59 Å². The van der Waals surface area contributed by atoms with Gasteiger partial charge in [0.2, 0.25) is 0 Å². The molecule has 0 aliphatic carbocycles. The van der Waals surface area contributed by atoms with Gasteiger partial charge in [-0.15, -0.1) is 0 Å². The lowest BCUT2D eigenvalue weighted by Gasteiger charge is -2.12. The van der Waals surface area contributed by atoms with Crippen molar-refractivity contribution in [3.63, 3.8) is 0 Å². The summed E-state index contributed by atoms with van der Waals surface area (Å²) in [4.78, 5) is 23.2. The number of sulfone groups is 1. The number of nitrogens with one attached hydrogen (secondary N) is 1. The Morgan fingerprint density at radius 3 is 2.44 bits per heavy atom. The highest BCUT2D eigenvalue weighted by Gasteiger charge is 2.16. The Hall–Kier alpha value is -2.78. The normalized spacial score (nSPS) is 10.9. The molecule has 8 nitrogen and oxygen atoms in total. The van der Waals surface area contributed by atoms with Crippen molar-refractivity contribution in [3.05, 3.63) is 47.0 Å². The van der Waals surface area contributed by atoms with Gasteiger partial charge >= 0.3 is 0 Å². The minimum Gasteiger partial charge on any atom is -0.493 e. The third-order valence-electron chi connectivity index (χ3n) is 3.38. The van der Waals surface area contributed by atoms with Gasteiger partial charge in [-0.05, 0) is 30.3 Å². The number of ether oxygens (including phenoxy) is 2. The second-order valence-electron chi connectivity index (χ2n) is 5.49. The molecular formula is C17H17ClN2O6S. The van der Waals surface area contributed by atoms with Crippen LogP contribution in [0, 0.1) is 0 Å². The maximum atomic E-state index is 12.4. The predicted octanol–water partition coefficient (Wildman–Crippen LogP) is 1.87. The number of rotatable bonds is 7. The number of primary amides is 1. The number of anilines is 1. The van der Waals surface area contributed by atoms with Crippen molar-refractivity contribution in [2.75, 3.05) is 25.3 Å². The Balaban J connectivity index is 2.28. The SMILES string of the molecule is COc1ccc(NC(=O)c2ccc(Cl)c(S(C)(=O)=O)c2)cc1OCC(N)=O. The van der Waals surface area contributed by atoms with E-state index >= 15 is 0 Å². The number of methoxy groups -OCH3 is 1. The van der Waals surface area contributed by atoms with Crippen LogP contribution in [0.1, 0.15) is 10.4 Å². The Morgan fingerprint density at radius 2 is 1.85 bits per heavy atom. The van der Waals surface area contributed by atoms with Crippen LogP contribution in [0.4, 0.5) is 5.69 Å². The maximum absolute atomic E-state index is 12.4. The summed E-state index contributed by atoms with van der Waals surface area (Å²) in [5.74, 6) is -0.661. The molecule has 144 valence electrons. The van der Waals surface area contributed by atoms with Crippen molar-refractivity contribution in [2.24, 2.45) is 5.73 Å². The summed E-state index contributed by atoms with van der Waals surface area (Å²) in [6.07, 6.45) is 1.00. The average molecular weight is 413 g/mol. The molecule has 0 aliphatic rings. The summed E-state index contributed by atoms with van der Waals surface area (Å²) < 4.78 is 33.9. The van der Waals surface area contributed by atoms with E-state index in [1.54, 1.807) is 6.07 Å². The molecule has 0 bridgehead atoms. The number of hydrogen-bond acceptors (Lipinski definition) is 6. The molecule has 2 amide bonds. The minimum atomic E-state index is -3.59. The van der Waals surface area contributed by atoms with Crippen molar-refractivity contribution in [1.82, 2.24) is 0 Å². The first kappa shape index (κ1) is 20.5. The number of nitrogens with two attached hydrogens (primary N) is 1. The highest BCUT2D eigenvalue weighted by molar-refractivity contribution is 7.90. The summed E-state index contributed by atoms with van der Waals surface area (Å²) in [5, 5.41) is 2.64. The zero-order chi connectivity index (χ0) is 20.2. The van der Waals surface area contributed by atoms with Crippen molar-refractivity contribution in [2.45, 2.75) is 4.90 Å². The molecule has 2 aromatic rings. The predicted molar refractivity (Wildman–Crippen MR) is 100 cm³/mol. The van der Waals surface area contributed by atoms with Crippen LogP contribution in [0.3, 0.4) is 0 Å². The quantitative estimate of drug-likeness (QED) is 0.715. The number of carbonyl (C=O) groups is 2. The van der Waals surface area contributed by atoms with Gasteiger partial charge in [-0.1, -0.05) is 11.6 Å². The van der Waals surface area contributed by atoms with Crippen LogP contribution in [0.5, 0.6) is 11.5 Å². The van der Waals surface area contributed by atoms with Gasteiger partial charge in [0, 0.05) is 23.6 Å². The molecule has 0 radical (unpaired) electrons. The molecule has 27 heavy (non-hydrogen) atoms. The lowest BCUT2D eigenvalue weighted by molar-refractivity contribution is -0.119. The average Bonchev–Trinajstić information content (AvgIpc) is 2.59. The van der Waals surface area contributed by atoms with E-state index in [1.165, 1.54) is 37.4 Å². The van der Waals surface area contributed by atoms with Gasteiger partial charge in [0.1, 0.15) is 0 Å². The van der Waals surface area contributed by atoms with E-state index in [-0.39, 0.29) is 27.8 Å². The Labute approximate surface area is 161 Å². The van der Waals surface area contributed by atoms with Crippen molar-refractivity contribution in [1.29, 1.82) is 0 Å². The van der Waals surface area contributed by atoms with Gasteiger partial charge in [0.25, 0.3) is 11.8 Å². The molecule has 0 atom stereocenters. The van der Waals surface area contributed by atoms with Crippen LogP contribution >= 0.6 is 11.6 Å². The summed E-state index contributed by atoms with van der Waals surface area (Å²) >= 11 is 5.88. The Morgan fingerprint density at radius 1 is 1.15 bits per heavy atom. The second-order valence-corrected chi connectivity index (χ2v) is 7.88. The minimum absolute atomic E-state index is 0.0284. The first-order valence-electron chi connectivity index (χ1n) is 7.52.